The number of rotatable bonds is 3. The van der Waals surface area contributed by atoms with Crippen molar-refractivity contribution in [2.24, 2.45) is 5.41 Å². The summed E-state index contributed by atoms with van der Waals surface area (Å²) < 4.78 is 5.23. The normalized spacial score (nSPS) is 22.7. The first kappa shape index (κ1) is 12.8. The Kier molecular flexibility index (Phi) is 3.50. The van der Waals surface area contributed by atoms with Gasteiger partial charge in [0.1, 0.15) is 0 Å². The van der Waals surface area contributed by atoms with Crippen LogP contribution in [0.4, 0.5) is 5.69 Å². The van der Waals surface area contributed by atoms with Gasteiger partial charge in [-0.05, 0) is 12.5 Å². The molecule has 1 saturated heterocycles. The zero-order valence-electron chi connectivity index (χ0n) is 9.56. The molecule has 1 aliphatic heterocycles. The maximum atomic E-state index is 11.0. The van der Waals surface area contributed by atoms with Gasteiger partial charge in [-0.15, -0.1) is 0 Å². The molecule has 18 heavy (non-hydrogen) atoms. The summed E-state index contributed by atoms with van der Waals surface area (Å²) >= 11 is 6.02. The van der Waals surface area contributed by atoms with Crippen molar-refractivity contribution in [3.05, 3.63) is 38.9 Å². The van der Waals surface area contributed by atoms with Crippen LogP contribution in [0.1, 0.15) is 12.0 Å². The molecular formula is C12H11ClN2O3. The summed E-state index contributed by atoms with van der Waals surface area (Å²) in [6, 6.07) is 6.76. The van der Waals surface area contributed by atoms with Gasteiger partial charge in [-0.1, -0.05) is 17.7 Å². The predicted molar refractivity (Wildman–Crippen MR) is 65.3 cm³/mol. The van der Waals surface area contributed by atoms with E-state index in [0.717, 1.165) is 0 Å². The Hall–Kier alpha value is -1.64. The van der Waals surface area contributed by atoms with Gasteiger partial charge in [-0.3, -0.25) is 10.1 Å². The second kappa shape index (κ2) is 4.92. The summed E-state index contributed by atoms with van der Waals surface area (Å²) in [5, 5.41) is 20.6. The van der Waals surface area contributed by atoms with Gasteiger partial charge >= 0.3 is 0 Å². The molecule has 94 valence electrons. The van der Waals surface area contributed by atoms with Gasteiger partial charge in [-0.2, -0.15) is 5.26 Å². The largest absolute Gasteiger partial charge is 0.380 e. The average Bonchev–Trinajstić information content (AvgIpc) is 2.81. The van der Waals surface area contributed by atoms with Crippen molar-refractivity contribution in [1.29, 1.82) is 5.26 Å². The van der Waals surface area contributed by atoms with Crippen LogP contribution in [0.3, 0.4) is 0 Å². The fourth-order valence-corrected chi connectivity index (χ4v) is 2.34. The molecule has 0 amide bonds. The quantitative estimate of drug-likeness (QED) is 0.623. The number of nitriles is 1. The van der Waals surface area contributed by atoms with Gasteiger partial charge in [0, 0.05) is 19.1 Å². The van der Waals surface area contributed by atoms with E-state index in [9.17, 15) is 15.4 Å². The molecule has 0 saturated carbocycles. The Bertz CT molecular complexity index is 519. The van der Waals surface area contributed by atoms with Crippen LogP contribution in [0.25, 0.3) is 0 Å². The van der Waals surface area contributed by atoms with Crippen LogP contribution in [-0.4, -0.2) is 18.1 Å². The zero-order chi connectivity index (χ0) is 13.2. The molecule has 1 heterocycles. The summed E-state index contributed by atoms with van der Waals surface area (Å²) in [5.74, 6) is 0. The van der Waals surface area contributed by atoms with Gasteiger partial charge in [0.2, 0.25) is 0 Å². The lowest BCUT2D eigenvalue weighted by Gasteiger charge is -2.18. The first-order valence-corrected chi connectivity index (χ1v) is 5.86. The molecule has 0 aromatic heterocycles. The maximum Gasteiger partial charge on any atom is 0.274 e. The van der Waals surface area contributed by atoms with Crippen LogP contribution in [0.2, 0.25) is 5.02 Å². The lowest BCUT2D eigenvalue weighted by Crippen LogP contribution is -2.22. The molecule has 1 unspecified atom stereocenters. The maximum absolute atomic E-state index is 11.0. The van der Waals surface area contributed by atoms with E-state index in [-0.39, 0.29) is 12.1 Å². The van der Waals surface area contributed by atoms with Crippen LogP contribution < -0.4 is 0 Å². The second-order valence-corrected chi connectivity index (χ2v) is 4.77. The number of hydrogen-bond donors (Lipinski definition) is 0. The molecule has 0 radical (unpaired) electrons. The van der Waals surface area contributed by atoms with Gasteiger partial charge < -0.3 is 4.74 Å². The highest BCUT2D eigenvalue weighted by Gasteiger charge is 2.37. The number of nitro benzene ring substituents is 1. The average molecular weight is 267 g/mol. The molecule has 1 aromatic rings. The number of halogens is 1. The van der Waals surface area contributed by atoms with Gasteiger partial charge in [0.25, 0.3) is 5.69 Å². The number of benzene rings is 1. The summed E-state index contributed by atoms with van der Waals surface area (Å²) in [4.78, 5) is 10.5. The molecule has 1 fully saturated rings. The smallest absolute Gasteiger partial charge is 0.274 e. The minimum absolute atomic E-state index is 0.0379. The highest BCUT2D eigenvalue weighted by Crippen LogP contribution is 2.37. The fraction of sp³-hybridized carbons (Fsp3) is 0.417. The molecular weight excluding hydrogens is 256 g/mol. The number of nitro groups is 1. The van der Waals surface area contributed by atoms with Gasteiger partial charge in [0.15, 0.2) is 0 Å². The highest BCUT2D eigenvalue weighted by atomic mass is 35.5. The number of ether oxygens (including phenoxy) is 1. The Morgan fingerprint density at radius 1 is 1.61 bits per heavy atom. The Morgan fingerprint density at radius 2 is 2.39 bits per heavy atom. The van der Waals surface area contributed by atoms with Crippen LogP contribution in [0, 0.1) is 26.9 Å². The minimum atomic E-state index is -0.699. The van der Waals surface area contributed by atoms with Crippen molar-refractivity contribution in [3.8, 4) is 6.07 Å². The monoisotopic (exact) mass is 266 g/mol. The van der Waals surface area contributed by atoms with Crippen LogP contribution in [0.15, 0.2) is 18.2 Å². The summed E-state index contributed by atoms with van der Waals surface area (Å²) in [7, 11) is 0. The van der Waals surface area contributed by atoms with Crippen molar-refractivity contribution in [3.63, 3.8) is 0 Å². The van der Waals surface area contributed by atoms with Crippen LogP contribution in [0.5, 0.6) is 0 Å². The summed E-state index contributed by atoms with van der Waals surface area (Å²) in [6.45, 7) is 0.803. The number of nitrogens with zero attached hydrogens (tertiary/aromatic N) is 2. The Balaban J connectivity index is 2.39. The lowest BCUT2D eigenvalue weighted by molar-refractivity contribution is -0.385. The predicted octanol–water partition coefficient (Wildman–Crippen LogP) is 2.72. The molecule has 5 nitrogen and oxygen atoms in total. The molecule has 6 heteroatoms. The van der Waals surface area contributed by atoms with Crippen LogP contribution in [-0.2, 0) is 11.2 Å². The van der Waals surface area contributed by atoms with Crippen molar-refractivity contribution in [2.75, 3.05) is 13.2 Å². The SMILES string of the molecule is N#CC1(Cc2c(Cl)cccc2[N+](=O)[O-])CCOC1. The summed E-state index contributed by atoms with van der Waals surface area (Å²) in [6.07, 6.45) is 0.825. The third-order valence-electron chi connectivity index (χ3n) is 3.15. The van der Waals surface area contributed by atoms with Crippen molar-refractivity contribution < 1.29 is 9.66 Å². The third kappa shape index (κ3) is 2.30. The van der Waals surface area contributed by atoms with Crippen LogP contribution >= 0.6 is 11.6 Å². The molecule has 0 spiro atoms. The van der Waals surface area contributed by atoms with E-state index < -0.39 is 10.3 Å². The summed E-state index contributed by atoms with van der Waals surface area (Å²) in [5.41, 5.74) is -0.323. The second-order valence-electron chi connectivity index (χ2n) is 4.37. The highest BCUT2D eigenvalue weighted by molar-refractivity contribution is 6.31. The molecule has 0 aliphatic carbocycles. The minimum Gasteiger partial charge on any atom is -0.380 e. The molecule has 2 rings (SSSR count). The fourth-order valence-electron chi connectivity index (χ4n) is 2.11. The van der Waals surface area contributed by atoms with Crippen molar-refractivity contribution >= 4 is 17.3 Å². The molecule has 0 N–H and O–H groups in total. The molecule has 1 atom stereocenters. The van der Waals surface area contributed by atoms with Gasteiger partial charge in [-0.25, -0.2) is 0 Å². The van der Waals surface area contributed by atoms with E-state index >= 15 is 0 Å². The standard InChI is InChI=1S/C12H11ClN2O3/c13-10-2-1-3-11(15(16)17)9(10)6-12(7-14)4-5-18-8-12/h1-3H,4-6,8H2. The zero-order valence-corrected chi connectivity index (χ0v) is 10.3. The third-order valence-corrected chi connectivity index (χ3v) is 3.50. The molecule has 1 aliphatic rings. The van der Waals surface area contributed by atoms with Crippen molar-refractivity contribution in [2.45, 2.75) is 12.8 Å². The van der Waals surface area contributed by atoms with Crippen molar-refractivity contribution in [1.82, 2.24) is 0 Å². The lowest BCUT2D eigenvalue weighted by atomic mass is 9.82. The molecule has 1 aromatic carbocycles. The van der Waals surface area contributed by atoms with Gasteiger partial charge in [0.05, 0.1) is 33.6 Å². The Labute approximate surface area is 109 Å². The number of hydrogen-bond acceptors (Lipinski definition) is 4. The first-order valence-electron chi connectivity index (χ1n) is 5.49. The first-order chi connectivity index (χ1) is 8.58. The van der Waals surface area contributed by atoms with E-state index in [1.807, 2.05) is 0 Å². The van der Waals surface area contributed by atoms with E-state index in [4.69, 9.17) is 16.3 Å². The van der Waals surface area contributed by atoms with E-state index in [1.165, 1.54) is 12.1 Å². The van der Waals surface area contributed by atoms with E-state index in [1.54, 1.807) is 6.07 Å². The molecule has 0 bridgehead atoms. The van der Waals surface area contributed by atoms with E-state index in [0.29, 0.717) is 30.2 Å². The topological polar surface area (TPSA) is 76.2 Å². The Morgan fingerprint density at radius 3 is 2.94 bits per heavy atom. The van der Waals surface area contributed by atoms with E-state index in [2.05, 4.69) is 6.07 Å².